The van der Waals surface area contributed by atoms with Crippen LogP contribution in [-0.4, -0.2) is 29.5 Å². The molecule has 0 unspecified atom stereocenters. The first kappa shape index (κ1) is 25.5. The van der Waals surface area contributed by atoms with Gasteiger partial charge in [0.2, 0.25) is 0 Å². The highest BCUT2D eigenvalue weighted by Crippen LogP contribution is 2.32. The maximum absolute atomic E-state index is 13.8. The number of terminal acetylenes is 1. The summed E-state index contributed by atoms with van der Waals surface area (Å²) in [6, 6.07) is 14.6. The highest BCUT2D eigenvalue weighted by molar-refractivity contribution is 7.98. The molecule has 0 radical (unpaired) electrons. The van der Waals surface area contributed by atoms with Crippen LogP contribution in [-0.2, 0) is 9.53 Å². The molecule has 0 saturated carbocycles. The Kier molecular flexibility index (Phi) is 7.82. The third-order valence-electron chi connectivity index (χ3n) is 5.53. The molecule has 2 aromatic carbocycles. The number of nitrogens with zero attached hydrogens (tertiary/aromatic N) is 2. The molecule has 4 rings (SSSR count). The fourth-order valence-corrected chi connectivity index (χ4v) is 5.40. The van der Waals surface area contributed by atoms with Gasteiger partial charge < -0.3 is 9.47 Å². The molecule has 6 nitrogen and oxygen atoms in total. The molecule has 0 saturated heterocycles. The predicted octanol–water partition coefficient (Wildman–Crippen LogP) is 3.92. The highest BCUT2D eigenvalue weighted by atomic mass is 32.2. The van der Waals surface area contributed by atoms with Gasteiger partial charge in [-0.2, -0.15) is 0 Å². The van der Waals surface area contributed by atoms with E-state index in [1.54, 1.807) is 49.2 Å². The molecule has 0 N–H and O–H groups in total. The topological polar surface area (TPSA) is 69.9 Å². The standard InChI is InChI=1S/C28H26N2O4S2/c1-6-15-33-22-10-8-7-9-20(22)16-23-26(31)30-25(19-11-13-21(35-5)14-12-19)24(27(32)34-17(2)3)18(4)29-28(30)36-23/h1,7-14,16-17,25H,15H2,2-5H3/b23-16-/t25-/m1/s1. The molecule has 1 aliphatic heterocycles. The zero-order valence-electron chi connectivity index (χ0n) is 20.5. The molecule has 2 heterocycles. The van der Waals surface area contributed by atoms with Crippen LogP contribution in [0.3, 0.4) is 0 Å². The van der Waals surface area contributed by atoms with Gasteiger partial charge in [-0.25, -0.2) is 9.79 Å². The zero-order chi connectivity index (χ0) is 25.8. The van der Waals surface area contributed by atoms with Crippen LogP contribution in [0.15, 0.2) is 74.5 Å². The van der Waals surface area contributed by atoms with Gasteiger partial charge in [-0.05, 0) is 56.9 Å². The quantitative estimate of drug-likeness (QED) is 0.269. The summed E-state index contributed by atoms with van der Waals surface area (Å²) in [5.41, 5.74) is 2.19. The van der Waals surface area contributed by atoms with Crippen molar-refractivity contribution >= 4 is 35.1 Å². The Bertz CT molecular complexity index is 1540. The number of rotatable bonds is 7. The van der Waals surface area contributed by atoms with Crippen LogP contribution in [0, 0.1) is 12.3 Å². The molecule has 3 aromatic rings. The molecule has 0 aliphatic carbocycles. The number of benzene rings is 2. The van der Waals surface area contributed by atoms with Gasteiger partial charge >= 0.3 is 5.97 Å². The van der Waals surface area contributed by atoms with Crippen LogP contribution in [0.2, 0.25) is 0 Å². The number of esters is 1. The first-order valence-corrected chi connectivity index (χ1v) is 13.4. The molecule has 1 aliphatic rings. The lowest BCUT2D eigenvalue weighted by Crippen LogP contribution is -2.40. The van der Waals surface area contributed by atoms with Crippen molar-refractivity contribution in [3.05, 3.63) is 90.6 Å². The molecule has 184 valence electrons. The monoisotopic (exact) mass is 518 g/mol. The van der Waals surface area contributed by atoms with Crippen molar-refractivity contribution in [1.29, 1.82) is 0 Å². The van der Waals surface area contributed by atoms with Crippen LogP contribution in [0.4, 0.5) is 0 Å². The maximum atomic E-state index is 13.8. The van der Waals surface area contributed by atoms with Crippen molar-refractivity contribution in [3.63, 3.8) is 0 Å². The Morgan fingerprint density at radius 2 is 1.97 bits per heavy atom. The Morgan fingerprint density at radius 1 is 1.25 bits per heavy atom. The summed E-state index contributed by atoms with van der Waals surface area (Å²) in [5, 5.41) is 0. The first-order valence-electron chi connectivity index (χ1n) is 11.4. The van der Waals surface area contributed by atoms with Gasteiger partial charge in [0, 0.05) is 10.5 Å². The van der Waals surface area contributed by atoms with Crippen molar-refractivity contribution in [1.82, 2.24) is 4.57 Å². The molecule has 1 atom stereocenters. The number of hydrogen-bond acceptors (Lipinski definition) is 7. The van der Waals surface area contributed by atoms with E-state index in [2.05, 4.69) is 10.9 Å². The highest BCUT2D eigenvalue weighted by Gasteiger charge is 2.33. The molecule has 1 aromatic heterocycles. The summed E-state index contributed by atoms with van der Waals surface area (Å²) in [6.07, 6.45) is 8.81. The van der Waals surface area contributed by atoms with E-state index in [9.17, 15) is 9.59 Å². The summed E-state index contributed by atoms with van der Waals surface area (Å²) >= 11 is 2.89. The average molecular weight is 519 g/mol. The Morgan fingerprint density at radius 3 is 2.64 bits per heavy atom. The second-order valence-corrected chi connectivity index (χ2v) is 10.2. The van der Waals surface area contributed by atoms with E-state index >= 15 is 0 Å². The molecule has 0 fully saturated rings. The lowest BCUT2D eigenvalue weighted by Gasteiger charge is -2.25. The minimum atomic E-state index is -0.654. The number of para-hydroxylation sites is 1. The number of carbonyl (C=O) groups is 1. The van der Waals surface area contributed by atoms with Crippen molar-refractivity contribution < 1.29 is 14.3 Å². The van der Waals surface area contributed by atoms with Gasteiger partial charge in [-0.1, -0.05) is 47.6 Å². The third kappa shape index (κ3) is 5.18. The molecule has 0 spiro atoms. The lowest BCUT2D eigenvalue weighted by atomic mass is 9.96. The van der Waals surface area contributed by atoms with Crippen LogP contribution in [0.5, 0.6) is 5.75 Å². The summed E-state index contributed by atoms with van der Waals surface area (Å²) < 4.78 is 13.3. The second kappa shape index (κ2) is 11.0. The minimum Gasteiger partial charge on any atom is -0.480 e. The van der Waals surface area contributed by atoms with Crippen molar-refractivity contribution in [3.8, 4) is 18.1 Å². The van der Waals surface area contributed by atoms with E-state index in [1.165, 1.54) is 11.3 Å². The summed E-state index contributed by atoms with van der Waals surface area (Å²) in [6.45, 7) is 5.49. The molecule has 0 bridgehead atoms. The number of aromatic nitrogens is 1. The van der Waals surface area contributed by atoms with E-state index in [0.717, 1.165) is 16.0 Å². The van der Waals surface area contributed by atoms with Crippen LogP contribution >= 0.6 is 23.1 Å². The number of thiazole rings is 1. The third-order valence-corrected chi connectivity index (χ3v) is 7.26. The van der Waals surface area contributed by atoms with Crippen molar-refractivity contribution in [2.75, 3.05) is 12.9 Å². The zero-order valence-corrected chi connectivity index (χ0v) is 22.1. The van der Waals surface area contributed by atoms with Gasteiger partial charge in [0.05, 0.1) is 27.9 Å². The largest absolute Gasteiger partial charge is 0.480 e. The Balaban J connectivity index is 1.91. The molecular formula is C28H26N2O4S2. The van der Waals surface area contributed by atoms with E-state index in [-0.39, 0.29) is 18.3 Å². The average Bonchev–Trinajstić information content (AvgIpc) is 3.16. The normalized spacial score (nSPS) is 15.3. The predicted molar refractivity (Wildman–Crippen MR) is 144 cm³/mol. The molecular weight excluding hydrogens is 492 g/mol. The van der Waals surface area contributed by atoms with E-state index < -0.39 is 12.0 Å². The smallest absolute Gasteiger partial charge is 0.338 e. The molecule has 8 heteroatoms. The number of allylic oxidation sites excluding steroid dienone is 1. The lowest BCUT2D eigenvalue weighted by molar-refractivity contribution is -0.143. The van der Waals surface area contributed by atoms with E-state index in [0.29, 0.717) is 26.4 Å². The number of ether oxygens (including phenoxy) is 2. The van der Waals surface area contributed by atoms with Gasteiger partial charge in [-0.3, -0.25) is 9.36 Å². The van der Waals surface area contributed by atoms with Gasteiger partial charge in [0.25, 0.3) is 5.56 Å². The number of carbonyl (C=O) groups excluding carboxylic acids is 1. The summed E-state index contributed by atoms with van der Waals surface area (Å²) in [5.74, 6) is 2.57. The van der Waals surface area contributed by atoms with E-state index in [1.807, 2.05) is 48.7 Å². The van der Waals surface area contributed by atoms with Crippen molar-refractivity contribution in [2.45, 2.75) is 37.8 Å². The van der Waals surface area contributed by atoms with Crippen LogP contribution in [0.25, 0.3) is 6.08 Å². The Labute approximate surface area is 218 Å². The van der Waals surface area contributed by atoms with Gasteiger partial charge in [0.1, 0.15) is 12.4 Å². The summed E-state index contributed by atoms with van der Waals surface area (Å²) in [7, 11) is 0. The summed E-state index contributed by atoms with van der Waals surface area (Å²) in [4.78, 5) is 33.2. The molecule has 36 heavy (non-hydrogen) atoms. The molecule has 0 amide bonds. The fraction of sp³-hybridized carbons (Fsp3) is 0.250. The van der Waals surface area contributed by atoms with Crippen LogP contribution in [0.1, 0.15) is 37.9 Å². The second-order valence-electron chi connectivity index (χ2n) is 8.34. The number of fused-ring (bicyclic) bond motifs is 1. The van der Waals surface area contributed by atoms with Gasteiger partial charge in [-0.15, -0.1) is 18.2 Å². The number of hydrogen-bond donors (Lipinski definition) is 0. The van der Waals surface area contributed by atoms with Gasteiger partial charge in [0.15, 0.2) is 4.80 Å². The van der Waals surface area contributed by atoms with Crippen LogP contribution < -0.4 is 19.6 Å². The SMILES string of the molecule is C#CCOc1ccccc1/C=c1\sc2n(c1=O)[C@H](c1ccc(SC)cc1)C(C(=O)OC(C)C)=C(C)N=2. The fourth-order valence-electron chi connectivity index (χ4n) is 3.95. The first-order chi connectivity index (χ1) is 17.3. The minimum absolute atomic E-state index is 0.124. The van der Waals surface area contributed by atoms with E-state index in [4.69, 9.17) is 15.9 Å². The maximum Gasteiger partial charge on any atom is 0.338 e. The Hall–Kier alpha value is -3.54. The number of thioether (sulfide) groups is 1. The van der Waals surface area contributed by atoms with Crippen molar-refractivity contribution in [2.24, 2.45) is 4.99 Å².